The van der Waals surface area contributed by atoms with Gasteiger partial charge in [0, 0.05) is 36.1 Å². The summed E-state index contributed by atoms with van der Waals surface area (Å²) >= 11 is 11.9. The highest BCUT2D eigenvalue weighted by molar-refractivity contribution is 6.35. The Labute approximate surface area is 166 Å². The molecule has 0 aliphatic carbocycles. The molecule has 0 bridgehead atoms. The molecule has 0 fully saturated rings. The van der Waals surface area contributed by atoms with E-state index in [1.807, 2.05) is 24.7 Å². The lowest BCUT2D eigenvalue weighted by Gasteiger charge is -2.08. The van der Waals surface area contributed by atoms with E-state index in [9.17, 15) is 4.79 Å². The smallest absolute Gasteiger partial charge is 0.272 e. The molecule has 2 heterocycles. The van der Waals surface area contributed by atoms with Crippen molar-refractivity contribution in [3.05, 3.63) is 63.7 Å². The summed E-state index contributed by atoms with van der Waals surface area (Å²) in [6.45, 7) is 5.24. The maximum absolute atomic E-state index is 12.3. The molecule has 0 aliphatic rings. The van der Waals surface area contributed by atoms with Crippen molar-refractivity contribution in [2.75, 3.05) is 0 Å². The molecule has 1 amide bonds. The minimum atomic E-state index is -0.262. The molecule has 0 unspecified atom stereocenters. The minimum absolute atomic E-state index is 0.122. The molecule has 3 rings (SSSR count). The molecule has 0 saturated carbocycles. The van der Waals surface area contributed by atoms with Crippen LogP contribution in [0, 0.1) is 6.92 Å². The third kappa shape index (κ3) is 4.81. The average Bonchev–Trinajstić information content (AvgIpc) is 3.25. The van der Waals surface area contributed by atoms with Crippen LogP contribution in [0.3, 0.4) is 0 Å². The summed E-state index contributed by atoms with van der Waals surface area (Å²) in [7, 11) is 0. The molecule has 1 N–H and O–H groups in total. The molecule has 142 valence electrons. The number of halogens is 2. The summed E-state index contributed by atoms with van der Waals surface area (Å²) in [5.74, 6) is 0.230. The lowest BCUT2D eigenvalue weighted by molar-refractivity contribution is 0.0944. The quantitative estimate of drug-likeness (QED) is 0.647. The maximum Gasteiger partial charge on any atom is 0.272 e. The van der Waals surface area contributed by atoms with Crippen LogP contribution in [-0.2, 0) is 19.8 Å². The van der Waals surface area contributed by atoms with Crippen LogP contribution in [0.5, 0.6) is 5.75 Å². The molecule has 0 spiro atoms. The Morgan fingerprint density at radius 1 is 1.22 bits per heavy atom. The summed E-state index contributed by atoms with van der Waals surface area (Å²) < 4.78 is 8.95. The van der Waals surface area contributed by atoms with Gasteiger partial charge in [0.05, 0.1) is 10.7 Å². The minimum Gasteiger partial charge on any atom is -0.470 e. The third-order valence-electron chi connectivity index (χ3n) is 3.93. The van der Waals surface area contributed by atoms with Crippen LogP contribution >= 0.6 is 23.2 Å². The number of ether oxygens (including phenoxy) is 1. The number of aryl methyl sites for hydroxylation is 2. The monoisotopic (exact) mass is 407 g/mol. The van der Waals surface area contributed by atoms with Crippen molar-refractivity contribution in [2.24, 2.45) is 0 Å². The van der Waals surface area contributed by atoms with Gasteiger partial charge in [0.2, 0.25) is 0 Å². The number of amides is 1. The Bertz CT molecular complexity index is 951. The van der Waals surface area contributed by atoms with Gasteiger partial charge >= 0.3 is 0 Å². The van der Waals surface area contributed by atoms with Gasteiger partial charge in [-0.2, -0.15) is 10.2 Å². The van der Waals surface area contributed by atoms with Crippen molar-refractivity contribution in [1.29, 1.82) is 0 Å². The van der Waals surface area contributed by atoms with E-state index in [1.54, 1.807) is 30.5 Å². The van der Waals surface area contributed by atoms with E-state index in [0.29, 0.717) is 28.0 Å². The first kappa shape index (κ1) is 19.3. The number of carbonyl (C=O) groups excluding carboxylic acids is 1. The highest BCUT2D eigenvalue weighted by Gasteiger charge is 2.12. The number of nitrogens with zero attached hydrogens (tertiary/aromatic N) is 4. The number of rotatable bonds is 7. The normalized spacial score (nSPS) is 10.8. The molecule has 0 atom stereocenters. The number of hydrogen-bond acceptors (Lipinski definition) is 4. The zero-order valence-electron chi connectivity index (χ0n) is 14.9. The summed E-state index contributed by atoms with van der Waals surface area (Å²) in [5.41, 5.74) is 2.18. The van der Waals surface area contributed by atoms with Crippen LogP contribution in [0.4, 0.5) is 0 Å². The molecule has 3 aromatic rings. The van der Waals surface area contributed by atoms with E-state index in [0.717, 1.165) is 17.8 Å². The average molecular weight is 408 g/mol. The maximum atomic E-state index is 12.3. The highest BCUT2D eigenvalue weighted by Crippen LogP contribution is 2.27. The summed E-state index contributed by atoms with van der Waals surface area (Å²) in [4.78, 5) is 12.3. The van der Waals surface area contributed by atoms with E-state index in [2.05, 4.69) is 15.5 Å². The van der Waals surface area contributed by atoms with Gasteiger partial charge in [-0.3, -0.25) is 9.48 Å². The second-order valence-corrected chi connectivity index (χ2v) is 6.71. The largest absolute Gasteiger partial charge is 0.470 e. The lowest BCUT2D eigenvalue weighted by Crippen LogP contribution is -2.23. The Morgan fingerprint density at radius 2 is 2.04 bits per heavy atom. The van der Waals surface area contributed by atoms with Crippen LogP contribution in [0.25, 0.3) is 0 Å². The molecule has 2 aromatic heterocycles. The Kier molecular flexibility index (Phi) is 6.03. The second kappa shape index (κ2) is 8.45. The Morgan fingerprint density at radius 3 is 2.74 bits per heavy atom. The van der Waals surface area contributed by atoms with E-state index in [1.165, 1.54) is 4.68 Å². The number of nitrogens with one attached hydrogen (secondary N) is 1. The topological polar surface area (TPSA) is 74.0 Å². The van der Waals surface area contributed by atoms with Gasteiger partial charge < -0.3 is 10.1 Å². The first-order valence-corrected chi connectivity index (χ1v) is 9.14. The zero-order valence-corrected chi connectivity index (χ0v) is 16.5. The van der Waals surface area contributed by atoms with Gasteiger partial charge in [0.15, 0.2) is 6.73 Å². The van der Waals surface area contributed by atoms with Gasteiger partial charge in [-0.05, 0) is 38.1 Å². The van der Waals surface area contributed by atoms with Crippen molar-refractivity contribution in [1.82, 2.24) is 24.9 Å². The summed E-state index contributed by atoms with van der Waals surface area (Å²) in [5, 5.41) is 12.4. The van der Waals surface area contributed by atoms with Crippen molar-refractivity contribution >= 4 is 29.1 Å². The highest BCUT2D eigenvalue weighted by atomic mass is 35.5. The van der Waals surface area contributed by atoms with Gasteiger partial charge in [0.1, 0.15) is 11.4 Å². The number of carbonyl (C=O) groups is 1. The number of hydrogen-bond donors (Lipinski definition) is 1. The number of benzene rings is 1. The van der Waals surface area contributed by atoms with Crippen LogP contribution in [0.15, 0.2) is 36.7 Å². The van der Waals surface area contributed by atoms with Crippen LogP contribution in [-0.4, -0.2) is 25.5 Å². The van der Waals surface area contributed by atoms with Crippen molar-refractivity contribution < 1.29 is 9.53 Å². The fourth-order valence-electron chi connectivity index (χ4n) is 2.44. The molecule has 27 heavy (non-hydrogen) atoms. The molecular weight excluding hydrogens is 389 g/mol. The van der Waals surface area contributed by atoms with Crippen molar-refractivity contribution in [3.8, 4) is 5.75 Å². The number of aromatic nitrogens is 4. The van der Waals surface area contributed by atoms with Crippen molar-refractivity contribution in [3.63, 3.8) is 0 Å². The fourth-order valence-corrected chi connectivity index (χ4v) is 2.91. The molecule has 0 aliphatic heterocycles. The first-order chi connectivity index (χ1) is 13.0. The molecule has 0 radical (unpaired) electrons. The predicted molar refractivity (Wildman–Crippen MR) is 103 cm³/mol. The standard InChI is InChI=1S/C18H19Cl2N5O2/c1-3-24-10-13(12(2)22-24)9-21-18(26)16-6-7-25(23-16)11-27-17-5-4-14(19)8-15(17)20/h4-8,10H,3,9,11H2,1-2H3,(H,21,26). The lowest BCUT2D eigenvalue weighted by atomic mass is 10.2. The van der Waals surface area contributed by atoms with Crippen LogP contribution in [0.1, 0.15) is 28.7 Å². The first-order valence-electron chi connectivity index (χ1n) is 8.38. The van der Waals surface area contributed by atoms with Gasteiger partial charge in [-0.1, -0.05) is 23.2 Å². The second-order valence-electron chi connectivity index (χ2n) is 5.87. The molecule has 9 heteroatoms. The summed E-state index contributed by atoms with van der Waals surface area (Å²) in [6, 6.07) is 6.60. The molecule has 1 aromatic carbocycles. The van der Waals surface area contributed by atoms with E-state index in [-0.39, 0.29) is 12.6 Å². The summed E-state index contributed by atoms with van der Waals surface area (Å²) in [6.07, 6.45) is 3.59. The van der Waals surface area contributed by atoms with Crippen molar-refractivity contribution in [2.45, 2.75) is 33.7 Å². The Balaban J connectivity index is 1.56. The SMILES string of the molecule is CCn1cc(CNC(=O)c2ccn(COc3ccc(Cl)cc3Cl)n2)c(C)n1. The van der Waals surface area contributed by atoms with E-state index >= 15 is 0 Å². The predicted octanol–water partition coefficient (Wildman–Crippen LogP) is 3.68. The van der Waals surface area contributed by atoms with Gasteiger partial charge in [-0.15, -0.1) is 0 Å². The van der Waals surface area contributed by atoms with Crippen LogP contribution in [0.2, 0.25) is 10.0 Å². The van der Waals surface area contributed by atoms with E-state index < -0.39 is 0 Å². The van der Waals surface area contributed by atoms with Gasteiger partial charge in [-0.25, -0.2) is 4.68 Å². The van der Waals surface area contributed by atoms with E-state index in [4.69, 9.17) is 27.9 Å². The van der Waals surface area contributed by atoms with Gasteiger partial charge in [0.25, 0.3) is 5.91 Å². The zero-order chi connectivity index (χ0) is 19.4. The third-order valence-corrected chi connectivity index (χ3v) is 4.46. The fraction of sp³-hybridized carbons (Fsp3) is 0.278. The molecule has 7 nitrogen and oxygen atoms in total. The molecular formula is C18H19Cl2N5O2. The van der Waals surface area contributed by atoms with Crippen LogP contribution < -0.4 is 10.1 Å². The Hall–Kier alpha value is -2.51. The molecule has 0 saturated heterocycles.